The van der Waals surface area contributed by atoms with Crippen molar-refractivity contribution in [2.75, 3.05) is 5.32 Å². The molecule has 0 radical (unpaired) electrons. The highest BCUT2D eigenvalue weighted by Gasteiger charge is 2.13. The number of benzene rings is 1. The van der Waals surface area contributed by atoms with Crippen molar-refractivity contribution in [2.45, 2.75) is 34.1 Å². The second kappa shape index (κ2) is 11.5. The molecule has 0 aliphatic rings. The molecule has 176 valence electrons. The Labute approximate surface area is 202 Å². The molecule has 1 N–H and O–H groups in total. The van der Waals surface area contributed by atoms with Crippen LogP contribution in [0.25, 0.3) is 5.57 Å². The Hall–Kier alpha value is -3.65. The van der Waals surface area contributed by atoms with Crippen molar-refractivity contribution in [3.05, 3.63) is 82.8 Å². The second-order valence-corrected chi connectivity index (χ2v) is 8.93. The number of rotatable bonds is 9. The summed E-state index contributed by atoms with van der Waals surface area (Å²) >= 11 is 1.26. The van der Waals surface area contributed by atoms with Crippen molar-refractivity contribution in [1.82, 2.24) is 9.97 Å². The van der Waals surface area contributed by atoms with E-state index in [4.69, 9.17) is 4.74 Å². The fraction of sp³-hybridized carbons (Fsp3) is 0.231. The molecule has 0 aliphatic heterocycles. The fourth-order valence-corrected chi connectivity index (χ4v) is 3.69. The first-order valence-corrected chi connectivity index (χ1v) is 11.6. The lowest BCUT2D eigenvalue weighted by Crippen LogP contribution is -2.14. The van der Waals surface area contributed by atoms with Crippen molar-refractivity contribution < 1.29 is 18.7 Å². The van der Waals surface area contributed by atoms with E-state index in [1.54, 1.807) is 23.7 Å². The number of ether oxygens (including phenoxy) is 1. The van der Waals surface area contributed by atoms with Crippen molar-refractivity contribution in [3.63, 3.8) is 0 Å². The molecule has 34 heavy (non-hydrogen) atoms. The number of allylic oxidation sites excluding steroid dienone is 4. The predicted molar refractivity (Wildman–Crippen MR) is 133 cm³/mol. The Bertz CT molecular complexity index is 1250. The lowest BCUT2D eigenvalue weighted by atomic mass is 10.1. The van der Waals surface area contributed by atoms with Crippen molar-refractivity contribution >= 4 is 33.7 Å². The van der Waals surface area contributed by atoms with Gasteiger partial charge in [0.15, 0.2) is 22.5 Å². The lowest BCUT2D eigenvalue weighted by Gasteiger charge is -2.09. The zero-order valence-corrected chi connectivity index (χ0v) is 20.3. The van der Waals surface area contributed by atoms with Crippen LogP contribution in [0.5, 0.6) is 11.6 Å². The van der Waals surface area contributed by atoms with Gasteiger partial charge in [0.2, 0.25) is 11.8 Å². The highest BCUT2D eigenvalue weighted by Crippen LogP contribution is 2.27. The molecule has 6 nitrogen and oxygen atoms in total. The average Bonchev–Trinajstić information content (AvgIpc) is 3.22. The van der Waals surface area contributed by atoms with Gasteiger partial charge >= 0.3 is 0 Å². The number of halogens is 1. The van der Waals surface area contributed by atoms with Gasteiger partial charge in [-0.15, -0.1) is 11.3 Å². The highest BCUT2D eigenvalue weighted by molar-refractivity contribution is 7.14. The molecule has 0 bridgehead atoms. The zero-order chi connectivity index (χ0) is 24.7. The van der Waals surface area contributed by atoms with Crippen molar-refractivity contribution in [1.29, 1.82) is 0 Å². The van der Waals surface area contributed by atoms with Crippen LogP contribution in [0.4, 0.5) is 9.52 Å². The van der Waals surface area contributed by atoms with Gasteiger partial charge in [-0.25, -0.2) is 14.4 Å². The van der Waals surface area contributed by atoms with E-state index in [1.807, 2.05) is 39.0 Å². The molecule has 0 fully saturated rings. The molecule has 2 heterocycles. The Morgan fingerprint density at radius 3 is 2.74 bits per heavy atom. The third-order valence-corrected chi connectivity index (χ3v) is 5.35. The number of amides is 1. The summed E-state index contributed by atoms with van der Waals surface area (Å²) in [5.74, 6) is -0.317. The minimum Gasteiger partial charge on any atom is -0.436 e. The van der Waals surface area contributed by atoms with Gasteiger partial charge in [0.25, 0.3) is 0 Å². The molecule has 8 heteroatoms. The van der Waals surface area contributed by atoms with E-state index in [9.17, 15) is 14.0 Å². The predicted octanol–water partition coefficient (Wildman–Crippen LogP) is 6.14. The number of aryl methyl sites for hydroxylation is 1. The zero-order valence-electron chi connectivity index (χ0n) is 19.5. The number of ketones is 1. The second-order valence-electron chi connectivity index (χ2n) is 8.07. The Balaban J connectivity index is 1.66. The van der Waals surface area contributed by atoms with Gasteiger partial charge in [0.1, 0.15) is 0 Å². The summed E-state index contributed by atoms with van der Waals surface area (Å²) in [7, 11) is 0. The summed E-state index contributed by atoms with van der Waals surface area (Å²) < 4.78 is 20.1. The summed E-state index contributed by atoms with van der Waals surface area (Å²) in [5.41, 5.74) is 2.56. The molecule has 3 aromatic rings. The van der Waals surface area contributed by atoms with E-state index in [2.05, 4.69) is 15.3 Å². The van der Waals surface area contributed by atoms with Gasteiger partial charge in [-0.05, 0) is 49.6 Å². The van der Waals surface area contributed by atoms with Gasteiger partial charge in [-0.1, -0.05) is 38.1 Å². The number of pyridine rings is 1. The van der Waals surface area contributed by atoms with Crippen LogP contribution in [0.3, 0.4) is 0 Å². The summed E-state index contributed by atoms with van der Waals surface area (Å²) in [6, 6.07) is 7.98. The summed E-state index contributed by atoms with van der Waals surface area (Å²) in [4.78, 5) is 32.6. The summed E-state index contributed by atoms with van der Waals surface area (Å²) in [6.07, 6.45) is 6.88. The Morgan fingerprint density at radius 1 is 1.26 bits per heavy atom. The maximum absolute atomic E-state index is 14.5. The molecular weight excluding hydrogens is 453 g/mol. The van der Waals surface area contributed by atoms with Gasteiger partial charge < -0.3 is 10.1 Å². The number of aromatic nitrogens is 2. The number of nitrogens with zero attached hydrogens (tertiary/aromatic N) is 2. The monoisotopic (exact) mass is 479 g/mol. The number of thiazole rings is 1. The van der Waals surface area contributed by atoms with Crippen LogP contribution in [0, 0.1) is 18.7 Å². The van der Waals surface area contributed by atoms with Gasteiger partial charge in [-0.3, -0.25) is 9.59 Å². The number of anilines is 1. The largest absolute Gasteiger partial charge is 0.436 e. The molecule has 2 aromatic heterocycles. The van der Waals surface area contributed by atoms with Crippen LogP contribution in [-0.4, -0.2) is 21.7 Å². The third kappa shape index (κ3) is 7.18. The topological polar surface area (TPSA) is 81.2 Å². The third-order valence-electron chi connectivity index (χ3n) is 4.59. The molecular formula is C26H26FN3O3S. The van der Waals surface area contributed by atoms with E-state index in [-0.39, 0.29) is 23.9 Å². The molecule has 0 unspecified atom stereocenters. The van der Waals surface area contributed by atoms with Crippen molar-refractivity contribution in [2.24, 2.45) is 5.92 Å². The maximum atomic E-state index is 14.5. The van der Waals surface area contributed by atoms with Gasteiger partial charge in [0, 0.05) is 22.7 Å². The van der Waals surface area contributed by atoms with Gasteiger partial charge in [0.05, 0.1) is 12.1 Å². The minimum absolute atomic E-state index is 0.0296. The number of carbonyl (C=O) groups is 2. The molecule has 0 aliphatic carbocycles. The number of hydrogen-bond acceptors (Lipinski definition) is 6. The minimum atomic E-state index is -0.581. The summed E-state index contributed by atoms with van der Waals surface area (Å²) in [6.45, 7) is 7.37. The first-order valence-electron chi connectivity index (χ1n) is 10.8. The number of carbonyl (C=O) groups excluding carboxylic acids is 2. The van der Waals surface area contributed by atoms with E-state index in [1.165, 1.54) is 36.5 Å². The lowest BCUT2D eigenvalue weighted by molar-refractivity contribution is -0.115. The van der Waals surface area contributed by atoms with E-state index >= 15 is 0 Å². The van der Waals surface area contributed by atoms with Crippen LogP contribution in [0.2, 0.25) is 0 Å². The maximum Gasteiger partial charge on any atom is 0.230 e. The highest BCUT2D eigenvalue weighted by atomic mass is 32.1. The molecule has 0 saturated carbocycles. The van der Waals surface area contributed by atoms with Gasteiger partial charge in [-0.2, -0.15) is 0 Å². The molecule has 0 spiro atoms. The van der Waals surface area contributed by atoms with E-state index in [0.717, 1.165) is 5.56 Å². The number of hydrogen-bond donors (Lipinski definition) is 1. The van der Waals surface area contributed by atoms with Crippen LogP contribution in [-0.2, 0) is 16.0 Å². The summed E-state index contributed by atoms with van der Waals surface area (Å²) in [5, 5.41) is 4.91. The van der Waals surface area contributed by atoms with Crippen LogP contribution in [0.15, 0.2) is 60.1 Å². The standard InChI is InChI=1S/C26H26FN3O3S/c1-16(2)7-9-20(12-18(4)31)22-15-34-26(29-22)30-24(32)14-19-8-10-23(21(27)13-19)33-25-17(3)6-5-11-28-25/h5-13,15-16H,14H2,1-4H3,(H,29,30,32)/b9-7-,20-12+. The number of nitrogens with one attached hydrogen (secondary N) is 1. The van der Waals surface area contributed by atoms with E-state index in [0.29, 0.717) is 33.8 Å². The van der Waals surface area contributed by atoms with Crippen LogP contribution in [0.1, 0.15) is 37.6 Å². The van der Waals surface area contributed by atoms with Crippen LogP contribution >= 0.6 is 11.3 Å². The van der Waals surface area contributed by atoms with Crippen LogP contribution < -0.4 is 10.1 Å². The molecule has 3 rings (SSSR count). The fourth-order valence-electron chi connectivity index (χ4n) is 2.95. The SMILES string of the molecule is CC(=O)/C=C(\C=C/C(C)C)c1csc(NC(=O)Cc2ccc(Oc3ncccc3C)c(F)c2)n1. The first kappa shape index (κ1) is 25.0. The smallest absolute Gasteiger partial charge is 0.230 e. The molecule has 1 amide bonds. The molecule has 0 atom stereocenters. The normalized spacial score (nSPS) is 11.8. The van der Waals surface area contributed by atoms with Crippen molar-refractivity contribution in [3.8, 4) is 11.6 Å². The Morgan fingerprint density at radius 2 is 2.06 bits per heavy atom. The Kier molecular flexibility index (Phi) is 8.43. The quantitative estimate of drug-likeness (QED) is 0.294. The molecule has 1 aromatic carbocycles. The average molecular weight is 480 g/mol. The van der Waals surface area contributed by atoms with E-state index < -0.39 is 5.82 Å². The molecule has 0 saturated heterocycles. The first-order chi connectivity index (χ1) is 16.2.